The molecule has 3 nitrogen and oxygen atoms in total. The van der Waals surface area contributed by atoms with E-state index in [0.29, 0.717) is 0 Å². The average molecular weight is 733 g/mol. The topological polar surface area (TPSA) is 19.6 Å². The van der Waals surface area contributed by atoms with Crippen LogP contribution in [-0.4, -0.2) is 0 Å². The van der Waals surface area contributed by atoms with E-state index in [1.54, 1.807) is 0 Å². The summed E-state index contributed by atoms with van der Waals surface area (Å²) in [4.78, 5) is 4.74. The van der Waals surface area contributed by atoms with Crippen LogP contribution in [0.1, 0.15) is 11.1 Å². The standard InChI is InChI=1S/C54H40N2O/c1-37-25-29-41(30-26-37)55(49-23-13-11-19-44(49)39-15-5-3-6-16-39)43-33-34-48-52(35-43)57-53-36-51(46-21-9-10-22-47(46)54(48)53)56(42-31-27-38(2)28-32-42)50-24-14-12-20-45(50)40-17-7-4-8-18-40/h3-36H,1-2H3. The van der Waals surface area contributed by atoms with E-state index in [1.165, 1.54) is 22.3 Å². The first-order chi connectivity index (χ1) is 28.1. The van der Waals surface area contributed by atoms with Gasteiger partial charge in [-0.05, 0) is 78.9 Å². The molecule has 10 aromatic rings. The van der Waals surface area contributed by atoms with Crippen molar-refractivity contribution in [3.63, 3.8) is 0 Å². The van der Waals surface area contributed by atoms with Gasteiger partial charge in [0.15, 0.2) is 0 Å². The van der Waals surface area contributed by atoms with Gasteiger partial charge in [0.05, 0.1) is 17.1 Å². The van der Waals surface area contributed by atoms with Gasteiger partial charge < -0.3 is 14.2 Å². The smallest absolute Gasteiger partial charge is 0.138 e. The van der Waals surface area contributed by atoms with E-state index in [4.69, 9.17) is 4.42 Å². The van der Waals surface area contributed by atoms with Crippen LogP contribution in [0.5, 0.6) is 0 Å². The Morgan fingerprint density at radius 2 is 0.807 bits per heavy atom. The molecule has 0 saturated carbocycles. The molecule has 0 bridgehead atoms. The molecule has 0 fully saturated rings. The van der Waals surface area contributed by atoms with Crippen LogP contribution in [0.25, 0.3) is 55.0 Å². The summed E-state index contributed by atoms with van der Waals surface area (Å²) in [5.41, 5.74) is 15.2. The third-order valence-corrected chi connectivity index (χ3v) is 11.0. The van der Waals surface area contributed by atoms with Gasteiger partial charge in [-0.25, -0.2) is 0 Å². The predicted molar refractivity (Wildman–Crippen MR) is 241 cm³/mol. The van der Waals surface area contributed by atoms with Gasteiger partial charge >= 0.3 is 0 Å². The summed E-state index contributed by atoms with van der Waals surface area (Å²) in [6.07, 6.45) is 0. The van der Waals surface area contributed by atoms with Crippen LogP contribution in [0.15, 0.2) is 211 Å². The van der Waals surface area contributed by atoms with Gasteiger partial charge in [-0.2, -0.15) is 0 Å². The first kappa shape index (κ1) is 34.2. The number of hydrogen-bond donors (Lipinski definition) is 0. The zero-order valence-corrected chi connectivity index (χ0v) is 31.9. The molecule has 1 heterocycles. The third-order valence-electron chi connectivity index (χ3n) is 11.0. The van der Waals surface area contributed by atoms with Crippen LogP contribution in [0, 0.1) is 13.8 Å². The molecular formula is C54H40N2O. The van der Waals surface area contributed by atoms with Crippen molar-refractivity contribution in [3.8, 4) is 22.3 Å². The largest absolute Gasteiger partial charge is 0.456 e. The Balaban J connectivity index is 1.20. The van der Waals surface area contributed by atoms with Gasteiger partial charge in [-0.1, -0.05) is 157 Å². The molecule has 0 amide bonds. The Bertz CT molecular complexity index is 3020. The maximum atomic E-state index is 7.00. The Morgan fingerprint density at radius 1 is 0.333 bits per heavy atom. The highest BCUT2D eigenvalue weighted by Crippen LogP contribution is 2.48. The van der Waals surface area contributed by atoms with Gasteiger partial charge in [0.25, 0.3) is 0 Å². The fourth-order valence-electron chi connectivity index (χ4n) is 8.22. The SMILES string of the molecule is Cc1ccc(N(c2ccc3c(c2)oc2cc(N(c4ccc(C)cc4)c4ccccc4-c4ccccc4)c4ccccc4c23)c2ccccc2-c2ccccc2)cc1. The molecule has 0 N–H and O–H groups in total. The van der Waals surface area contributed by atoms with E-state index in [2.05, 4.69) is 230 Å². The fourth-order valence-corrected chi connectivity index (χ4v) is 8.22. The molecule has 0 unspecified atom stereocenters. The fraction of sp³-hybridized carbons (Fsp3) is 0.0370. The van der Waals surface area contributed by atoms with E-state index < -0.39 is 0 Å². The number of hydrogen-bond acceptors (Lipinski definition) is 3. The van der Waals surface area contributed by atoms with Crippen molar-refractivity contribution in [2.24, 2.45) is 0 Å². The number of furan rings is 1. The molecule has 57 heavy (non-hydrogen) atoms. The lowest BCUT2D eigenvalue weighted by Crippen LogP contribution is -2.12. The van der Waals surface area contributed by atoms with E-state index in [1.807, 2.05) is 0 Å². The summed E-state index contributed by atoms with van der Waals surface area (Å²) in [6.45, 7) is 4.27. The summed E-state index contributed by atoms with van der Waals surface area (Å²) in [7, 11) is 0. The van der Waals surface area contributed by atoms with Crippen molar-refractivity contribution in [2.75, 3.05) is 9.80 Å². The Morgan fingerprint density at radius 3 is 1.40 bits per heavy atom. The van der Waals surface area contributed by atoms with Gasteiger partial charge in [-0.3, -0.25) is 0 Å². The molecule has 0 aliphatic carbocycles. The second-order valence-corrected chi connectivity index (χ2v) is 14.7. The number of fused-ring (bicyclic) bond motifs is 5. The number of benzene rings is 9. The molecule has 0 spiro atoms. The lowest BCUT2D eigenvalue weighted by atomic mass is 9.98. The van der Waals surface area contributed by atoms with E-state index in [0.717, 1.165) is 78.0 Å². The highest BCUT2D eigenvalue weighted by Gasteiger charge is 2.24. The van der Waals surface area contributed by atoms with E-state index in [-0.39, 0.29) is 0 Å². The first-order valence-corrected chi connectivity index (χ1v) is 19.5. The number of aryl methyl sites for hydroxylation is 2. The second-order valence-electron chi connectivity index (χ2n) is 14.7. The van der Waals surface area contributed by atoms with Gasteiger partial charge in [0.1, 0.15) is 11.2 Å². The van der Waals surface area contributed by atoms with Crippen molar-refractivity contribution in [1.29, 1.82) is 0 Å². The molecule has 10 rings (SSSR count). The minimum atomic E-state index is 0.839. The summed E-state index contributed by atoms with van der Waals surface area (Å²) in [5.74, 6) is 0. The molecule has 272 valence electrons. The van der Waals surface area contributed by atoms with E-state index >= 15 is 0 Å². The summed E-state index contributed by atoms with van der Waals surface area (Å²) >= 11 is 0. The van der Waals surface area contributed by atoms with Gasteiger partial charge in [0.2, 0.25) is 0 Å². The molecule has 9 aromatic carbocycles. The van der Waals surface area contributed by atoms with Crippen LogP contribution in [-0.2, 0) is 0 Å². The summed E-state index contributed by atoms with van der Waals surface area (Å²) in [6, 6.07) is 73.8. The second kappa shape index (κ2) is 14.4. The van der Waals surface area contributed by atoms with Crippen molar-refractivity contribution in [3.05, 3.63) is 217 Å². The minimum Gasteiger partial charge on any atom is -0.456 e. The highest BCUT2D eigenvalue weighted by molar-refractivity contribution is 6.23. The lowest BCUT2D eigenvalue weighted by Gasteiger charge is -2.29. The quantitative estimate of drug-likeness (QED) is 0.155. The van der Waals surface area contributed by atoms with Crippen LogP contribution in [0.3, 0.4) is 0 Å². The van der Waals surface area contributed by atoms with Crippen LogP contribution in [0.2, 0.25) is 0 Å². The third kappa shape index (κ3) is 6.20. The van der Waals surface area contributed by atoms with E-state index in [9.17, 15) is 0 Å². The maximum absolute atomic E-state index is 7.00. The van der Waals surface area contributed by atoms with Crippen LogP contribution >= 0.6 is 0 Å². The molecule has 3 heteroatoms. The summed E-state index contributed by atoms with van der Waals surface area (Å²) in [5, 5.41) is 4.50. The minimum absolute atomic E-state index is 0.839. The Kier molecular flexibility index (Phi) is 8.61. The summed E-state index contributed by atoms with van der Waals surface area (Å²) < 4.78 is 7.00. The van der Waals surface area contributed by atoms with Crippen molar-refractivity contribution in [1.82, 2.24) is 0 Å². The van der Waals surface area contributed by atoms with Crippen LogP contribution < -0.4 is 9.80 Å². The number of rotatable bonds is 8. The molecule has 0 radical (unpaired) electrons. The van der Waals surface area contributed by atoms with Crippen molar-refractivity contribution in [2.45, 2.75) is 13.8 Å². The number of para-hydroxylation sites is 2. The van der Waals surface area contributed by atoms with Crippen LogP contribution in [0.4, 0.5) is 34.1 Å². The Hall–Kier alpha value is -7.36. The molecule has 0 atom stereocenters. The zero-order valence-electron chi connectivity index (χ0n) is 31.9. The molecule has 0 aliphatic rings. The monoisotopic (exact) mass is 732 g/mol. The maximum Gasteiger partial charge on any atom is 0.138 e. The number of anilines is 6. The molecule has 1 aromatic heterocycles. The number of nitrogens with zero attached hydrogens (tertiary/aromatic N) is 2. The molecular weight excluding hydrogens is 693 g/mol. The van der Waals surface area contributed by atoms with Gasteiger partial charge in [-0.15, -0.1) is 0 Å². The predicted octanol–water partition coefficient (Wildman–Crippen LogP) is 15.6. The van der Waals surface area contributed by atoms with Crippen molar-refractivity contribution < 1.29 is 4.42 Å². The van der Waals surface area contributed by atoms with Gasteiger partial charge in [0, 0.05) is 56.5 Å². The molecule has 0 saturated heterocycles. The lowest BCUT2D eigenvalue weighted by molar-refractivity contribution is 0.669. The Labute approximate surface area is 333 Å². The molecule has 0 aliphatic heterocycles. The zero-order chi connectivity index (χ0) is 38.3. The highest BCUT2D eigenvalue weighted by atomic mass is 16.3. The van der Waals surface area contributed by atoms with Crippen molar-refractivity contribution >= 4 is 66.8 Å². The normalized spacial score (nSPS) is 11.3. The first-order valence-electron chi connectivity index (χ1n) is 19.5. The average Bonchev–Trinajstić information content (AvgIpc) is 3.64.